The molecule has 1 unspecified atom stereocenters. The number of carbonyl (C=O) groups excluding carboxylic acids is 3. The maximum Gasteiger partial charge on any atom is 0.238 e. The number of hydrogen-bond donors (Lipinski definition) is 1. The maximum absolute atomic E-state index is 14.7. The Morgan fingerprint density at radius 2 is 1.55 bits per heavy atom. The molecule has 0 aliphatic carbocycles. The standard InChI is InChI=1S/C33H22BrClN2O3/c34-22-13-10-20(11-14-22)31(39)29-28(30(38)19-6-2-1-3-7-19)33(24-8-4-5-9-25(24)36-32(33)40)27-17-12-21-18-23(35)15-16-26(21)37(27)29/h1-18,27-29H,(H,36,40)/t27?,28-,29+,33+/m0/s1. The van der Waals surface area contributed by atoms with Crippen LogP contribution in [0.3, 0.4) is 0 Å². The molecule has 1 spiro atoms. The molecule has 3 aliphatic rings. The van der Waals surface area contributed by atoms with Gasteiger partial charge in [0.2, 0.25) is 5.91 Å². The van der Waals surface area contributed by atoms with Gasteiger partial charge in [-0.1, -0.05) is 100 Å². The van der Waals surface area contributed by atoms with Crippen LogP contribution >= 0.6 is 27.5 Å². The molecular formula is C33H22BrClN2O3. The summed E-state index contributed by atoms with van der Waals surface area (Å²) >= 11 is 9.81. The van der Waals surface area contributed by atoms with Crippen LogP contribution in [-0.2, 0) is 10.2 Å². The second-order valence-electron chi connectivity index (χ2n) is 10.3. The van der Waals surface area contributed by atoms with E-state index in [2.05, 4.69) is 21.2 Å². The summed E-state index contributed by atoms with van der Waals surface area (Å²) in [7, 11) is 0. The van der Waals surface area contributed by atoms with E-state index in [1.165, 1.54) is 0 Å². The van der Waals surface area contributed by atoms with Crippen molar-refractivity contribution in [2.45, 2.75) is 17.5 Å². The zero-order chi connectivity index (χ0) is 27.6. The minimum atomic E-state index is -1.34. The van der Waals surface area contributed by atoms with Crippen molar-refractivity contribution >= 4 is 62.5 Å². The Hall–Kier alpha value is -4.00. The van der Waals surface area contributed by atoms with Gasteiger partial charge in [0.15, 0.2) is 11.6 Å². The van der Waals surface area contributed by atoms with Crippen molar-refractivity contribution in [2.75, 3.05) is 10.2 Å². The summed E-state index contributed by atoms with van der Waals surface area (Å²) in [5.41, 5.74) is 2.54. The SMILES string of the molecule is O=C(c1ccccc1)[C@@H]1[C@H](C(=O)c2ccc(Br)cc2)N2c3ccc(Cl)cc3C=CC2[C@@]12C(=O)Nc1ccccc12. The molecule has 3 aliphatic heterocycles. The van der Waals surface area contributed by atoms with Gasteiger partial charge < -0.3 is 10.2 Å². The number of benzene rings is 4. The number of rotatable bonds is 4. The molecule has 7 rings (SSSR count). The van der Waals surface area contributed by atoms with Crippen LogP contribution in [0.1, 0.15) is 31.8 Å². The van der Waals surface area contributed by atoms with Gasteiger partial charge in [0.05, 0.1) is 12.0 Å². The van der Waals surface area contributed by atoms with Gasteiger partial charge >= 0.3 is 0 Å². The molecule has 0 aromatic heterocycles. The largest absolute Gasteiger partial charge is 0.352 e. The lowest BCUT2D eigenvalue weighted by molar-refractivity contribution is -0.121. The molecule has 1 saturated heterocycles. The Bertz CT molecular complexity index is 1740. The lowest BCUT2D eigenvalue weighted by Crippen LogP contribution is -2.51. The first-order valence-electron chi connectivity index (χ1n) is 13.0. The number of hydrogen-bond acceptors (Lipinski definition) is 4. The van der Waals surface area contributed by atoms with Crippen LogP contribution in [0.15, 0.2) is 108 Å². The Morgan fingerprint density at radius 1 is 0.850 bits per heavy atom. The van der Waals surface area contributed by atoms with Crippen LogP contribution in [0.25, 0.3) is 6.08 Å². The van der Waals surface area contributed by atoms with Crippen LogP contribution in [0.2, 0.25) is 5.02 Å². The molecule has 0 radical (unpaired) electrons. The highest BCUT2D eigenvalue weighted by atomic mass is 79.9. The van der Waals surface area contributed by atoms with Gasteiger partial charge in [-0.05, 0) is 47.5 Å². The number of ketones is 2. The second kappa shape index (κ2) is 9.29. The monoisotopic (exact) mass is 608 g/mol. The summed E-state index contributed by atoms with van der Waals surface area (Å²) < 4.78 is 0.840. The maximum atomic E-state index is 14.7. The number of fused-ring (bicyclic) bond motifs is 6. The van der Waals surface area contributed by atoms with Crippen LogP contribution in [0.4, 0.5) is 11.4 Å². The average Bonchev–Trinajstić information content (AvgIpc) is 3.45. The smallest absolute Gasteiger partial charge is 0.238 e. The molecule has 40 heavy (non-hydrogen) atoms. The van der Waals surface area contributed by atoms with E-state index in [0.29, 0.717) is 21.8 Å². The third kappa shape index (κ3) is 3.49. The van der Waals surface area contributed by atoms with Crippen molar-refractivity contribution in [3.63, 3.8) is 0 Å². The molecule has 196 valence electrons. The minimum Gasteiger partial charge on any atom is -0.352 e. The van der Waals surface area contributed by atoms with Gasteiger partial charge in [0.25, 0.3) is 0 Å². The summed E-state index contributed by atoms with van der Waals surface area (Å²) in [6.45, 7) is 0. The summed E-state index contributed by atoms with van der Waals surface area (Å²) in [5.74, 6) is -1.77. The zero-order valence-electron chi connectivity index (χ0n) is 21.1. The lowest BCUT2D eigenvalue weighted by atomic mass is 9.64. The summed E-state index contributed by atoms with van der Waals surface area (Å²) in [5, 5.41) is 3.61. The number of anilines is 2. The fourth-order valence-electron chi connectivity index (χ4n) is 6.72. The quantitative estimate of drug-likeness (QED) is 0.254. The van der Waals surface area contributed by atoms with Crippen molar-refractivity contribution < 1.29 is 14.4 Å². The van der Waals surface area contributed by atoms with Crippen LogP contribution in [-0.4, -0.2) is 29.6 Å². The molecule has 4 aromatic rings. The summed E-state index contributed by atoms with van der Waals surface area (Å²) in [6.07, 6.45) is 3.88. The molecule has 4 aromatic carbocycles. The van der Waals surface area contributed by atoms with E-state index in [1.54, 1.807) is 42.5 Å². The molecule has 5 nitrogen and oxygen atoms in total. The van der Waals surface area contributed by atoms with Gasteiger partial charge in [0, 0.05) is 32.0 Å². The second-order valence-corrected chi connectivity index (χ2v) is 11.7. The zero-order valence-corrected chi connectivity index (χ0v) is 23.4. The highest BCUT2D eigenvalue weighted by molar-refractivity contribution is 9.10. The summed E-state index contributed by atoms with van der Waals surface area (Å²) in [6, 6.07) is 27.5. The highest BCUT2D eigenvalue weighted by Crippen LogP contribution is 2.58. The van der Waals surface area contributed by atoms with Gasteiger partial charge in [-0.25, -0.2) is 0 Å². The first kappa shape index (κ1) is 25.0. The molecule has 1 N–H and O–H groups in total. The molecule has 1 fully saturated rings. The molecule has 3 heterocycles. The first-order chi connectivity index (χ1) is 19.4. The van der Waals surface area contributed by atoms with Crippen LogP contribution in [0, 0.1) is 5.92 Å². The lowest BCUT2D eigenvalue weighted by Gasteiger charge is -2.37. The Morgan fingerprint density at radius 3 is 2.33 bits per heavy atom. The molecular weight excluding hydrogens is 588 g/mol. The third-order valence-corrected chi connectivity index (χ3v) is 9.10. The Balaban J connectivity index is 1.54. The predicted octanol–water partition coefficient (Wildman–Crippen LogP) is 6.96. The number of halogens is 2. The topological polar surface area (TPSA) is 66.5 Å². The highest BCUT2D eigenvalue weighted by Gasteiger charge is 2.70. The Kier molecular flexibility index (Phi) is 5.81. The van der Waals surface area contributed by atoms with Crippen molar-refractivity contribution in [1.82, 2.24) is 0 Å². The van der Waals surface area contributed by atoms with Crippen molar-refractivity contribution in [3.05, 3.63) is 135 Å². The van der Waals surface area contributed by atoms with Crippen molar-refractivity contribution in [1.29, 1.82) is 0 Å². The molecule has 0 saturated carbocycles. The first-order valence-corrected chi connectivity index (χ1v) is 14.1. The van der Waals surface area contributed by atoms with E-state index in [1.807, 2.05) is 71.6 Å². The van der Waals surface area contributed by atoms with Gasteiger partial charge in [-0.3, -0.25) is 14.4 Å². The van der Waals surface area contributed by atoms with Crippen molar-refractivity contribution in [2.24, 2.45) is 5.92 Å². The normalized spacial score (nSPS) is 23.9. The molecule has 4 atom stereocenters. The molecule has 7 heteroatoms. The third-order valence-electron chi connectivity index (χ3n) is 8.33. The van der Waals surface area contributed by atoms with E-state index in [0.717, 1.165) is 21.3 Å². The average molecular weight is 610 g/mol. The van der Waals surface area contributed by atoms with E-state index in [9.17, 15) is 14.4 Å². The number of amides is 1. The number of carbonyl (C=O) groups is 3. The van der Waals surface area contributed by atoms with Gasteiger partial charge in [-0.2, -0.15) is 0 Å². The van der Waals surface area contributed by atoms with Crippen molar-refractivity contribution in [3.8, 4) is 0 Å². The number of para-hydroxylation sites is 1. The predicted molar refractivity (Wildman–Crippen MR) is 160 cm³/mol. The molecule has 1 amide bonds. The van der Waals surface area contributed by atoms with Crippen LogP contribution < -0.4 is 10.2 Å². The number of nitrogens with one attached hydrogen (secondary N) is 1. The fraction of sp³-hybridized carbons (Fsp3) is 0.121. The molecule has 0 bridgehead atoms. The minimum absolute atomic E-state index is 0.225. The summed E-state index contributed by atoms with van der Waals surface area (Å²) in [4.78, 5) is 45.6. The van der Waals surface area contributed by atoms with E-state index in [-0.39, 0.29) is 17.5 Å². The van der Waals surface area contributed by atoms with E-state index < -0.39 is 23.4 Å². The fourth-order valence-corrected chi connectivity index (χ4v) is 7.16. The Labute approximate surface area is 244 Å². The number of Topliss-reactive ketones (excluding diaryl/α,β-unsaturated/α-hetero) is 2. The van der Waals surface area contributed by atoms with E-state index >= 15 is 0 Å². The van der Waals surface area contributed by atoms with Gasteiger partial charge in [-0.15, -0.1) is 0 Å². The van der Waals surface area contributed by atoms with Gasteiger partial charge in [0.1, 0.15) is 11.5 Å². The van der Waals surface area contributed by atoms with E-state index in [4.69, 9.17) is 11.6 Å². The van der Waals surface area contributed by atoms with Crippen LogP contribution in [0.5, 0.6) is 0 Å². The number of nitrogens with zero attached hydrogens (tertiary/aromatic N) is 1.